The van der Waals surface area contributed by atoms with Crippen molar-refractivity contribution < 1.29 is 4.74 Å². The van der Waals surface area contributed by atoms with E-state index in [4.69, 9.17) is 9.72 Å². The van der Waals surface area contributed by atoms with Gasteiger partial charge < -0.3 is 15.0 Å². The fourth-order valence-corrected chi connectivity index (χ4v) is 3.28. The lowest BCUT2D eigenvalue weighted by molar-refractivity contribution is 0.381. The van der Waals surface area contributed by atoms with Crippen molar-refractivity contribution in [1.29, 1.82) is 0 Å². The van der Waals surface area contributed by atoms with E-state index in [0.29, 0.717) is 12.5 Å². The van der Waals surface area contributed by atoms with Crippen LogP contribution in [0.3, 0.4) is 0 Å². The molecule has 2 aromatic carbocycles. The molecule has 1 heterocycles. The van der Waals surface area contributed by atoms with Crippen molar-refractivity contribution >= 4 is 27.0 Å². The Hall–Kier alpha value is -1.85. The van der Waals surface area contributed by atoms with Gasteiger partial charge in [0.05, 0.1) is 24.2 Å². The first-order chi connectivity index (χ1) is 11.6. The average molecular weight is 388 g/mol. The highest BCUT2D eigenvalue weighted by Crippen LogP contribution is 2.26. The second kappa shape index (κ2) is 7.36. The summed E-state index contributed by atoms with van der Waals surface area (Å²) in [6.07, 6.45) is 0. The van der Waals surface area contributed by atoms with Crippen LogP contribution in [0.15, 0.2) is 46.9 Å². The smallest absolute Gasteiger partial charge is 0.124 e. The van der Waals surface area contributed by atoms with Crippen LogP contribution in [0.2, 0.25) is 0 Å². The van der Waals surface area contributed by atoms with Crippen LogP contribution in [0, 0.1) is 5.92 Å². The summed E-state index contributed by atoms with van der Waals surface area (Å²) in [5.41, 5.74) is 3.19. The van der Waals surface area contributed by atoms with E-state index in [2.05, 4.69) is 52.2 Å². The van der Waals surface area contributed by atoms with Crippen LogP contribution in [0.25, 0.3) is 11.0 Å². The van der Waals surface area contributed by atoms with Crippen molar-refractivity contribution in [1.82, 2.24) is 15.3 Å². The number of nitrogens with one attached hydrogen (secondary N) is 2. The lowest BCUT2D eigenvalue weighted by atomic mass is 10.0. The molecule has 0 radical (unpaired) electrons. The van der Waals surface area contributed by atoms with Crippen LogP contribution in [0.1, 0.15) is 31.3 Å². The number of aromatic amines is 1. The number of aromatic nitrogens is 2. The van der Waals surface area contributed by atoms with E-state index >= 15 is 0 Å². The second-order valence-electron chi connectivity index (χ2n) is 6.20. The molecule has 0 fully saturated rings. The van der Waals surface area contributed by atoms with E-state index in [0.717, 1.165) is 32.6 Å². The molecule has 0 amide bonds. The lowest BCUT2D eigenvalue weighted by Crippen LogP contribution is -2.26. The number of H-pyrrole nitrogens is 1. The maximum Gasteiger partial charge on any atom is 0.124 e. The Morgan fingerprint density at radius 2 is 2.00 bits per heavy atom. The van der Waals surface area contributed by atoms with Crippen LogP contribution in [0.4, 0.5) is 0 Å². The predicted octanol–water partition coefficient (Wildman–Crippen LogP) is 4.82. The highest BCUT2D eigenvalue weighted by atomic mass is 79.9. The summed E-state index contributed by atoms with van der Waals surface area (Å²) in [4.78, 5) is 8.19. The molecule has 1 aromatic heterocycles. The first-order valence-electron chi connectivity index (χ1n) is 8.09. The number of fused-ring (bicyclic) bond motifs is 1. The fraction of sp³-hybridized carbons (Fsp3) is 0.316. The summed E-state index contributed by atoms with van der Waals surface area (Å²) in [7, 11) is 1.70. The molecule has 0 spiro atoms. The number of para-hydroxylation sites is 2. The Kier molecular flexibility index (Phi) is 5.21. The van der Waals surface area contributed by atoms with Crippen molar-refractivity contribution in [3.8, 4) is 5.75 Å². The van der Waals surface area contributed by atoms with E-state index < -0.39 is 0 Å². The monoisotopic (exact) mass is 387 g/mol. The van der Waals surface area contributed by atoms with Gasteiger partial charge in [-0.2, -0.15) is 0 Å². The van der Waals surface area contributed by atoms with Gasteiger partial charge in [-0.3, -0.25) is 0 Å². The van der Waals surface area contributed by atoms with Crippen LogP contribution >= 0.6 is 15.9 Å². The third-order valence-corrected chi connectivity index (χ3v) is 4.62. The molecule has 24 heavy (non-hydrogen) atoms. The molecule has 1 atom stereocenters. The topological polar surface area (TPSA) is 49.9 Å². The summed E-state index contributed by atoms with van der Waals surface area (Å²) < 4.78 is 6.51. The van der Waals surface area contributed by atoms with E-state index in [1.807, 2.05) is 30.3 Å². The summed E-state index contributed by atoms with van der Waals surface area (Å²) >= 11 is 3.53. The maximum atomic E-state index is 5.46. The second-order valence-corrected chi connectivity index (χ2v) is 7.11. The number of hydrogen-bond donors (Lipinski definition) is 2. The number of halogens is 1. The molecule has 1 unspecified atom stereocenters. The molecular formula is C19H22BrN3O. The van der Waals surface area contributed by atoms with Gasteiger partial charge in [0.2, 0.25) is 0 Å². The lowest BCUT2D eigenvalue weighted by Gasteiger charge is -2.21. The summed E-state index contributed by atoms with van der Waals surface area (Å²) in [5.74, 6) is 2.27. The average Bonchev–Trinajstić information content (AvgIpc) is 2.98. The highest BCUT2D eigenvalue weighted by Gasteiger charge is 2.19. The predicted molar refractivity (Wildman–Crippen MR) is 101 cm³/mol. The standard InChI is InChI=1S/C19H22BrN3O/c1-12(2)18(19-22-15-6-4-5-7-16(15)23-19)21-11-13-10-14(20)8-9-17(13)24-3/h4-10,12,18,21H,11H2,1-3H3,(H,22,23). The number of methoxy groups -OCH3 is 1. The zero-order chi connectivity index (χ0) is 17.1. The minimum Gasteiger partial charge on any atom is -0.496 e. The molecule has 5 heteroatoms. The van der Waals surface area contributed by atoms with Gasteiger partial charge in [-0.1, -0.05) is 41.9 Å². The van der Waals surface area contributed by atoms with Crippen molar-refractivity contribution in [3.05, 3.63) is 58.3 Å². The van der Waals surface area contributed by atoms with Crippen LogP contribution in [-0.4, -0.2) is 17.1 Å². The third kappa shape index (κ3) is 3.62. The van der Waals surface area contributed by atoms with Crippen molar-refractivity contribution in [2.24, 2.45) is 5.92 Å². The van der Waals surface area contributed by atoms with Gasteiger partial charge in [0, 0.05) is 16.6 Å². The van der Waals surface area contributed by atoms with E-state index in [-0.39, 0.29) is 6.04 Å². The normalized spacial score (nSPS) is 12.7. The molecule has 126 valence electrons. The van der Waals surface area contributed by atoms with Crippen molar-refractivity contribution in [3.63, 3.8) is 0 Å². The van der Waals surface area contributed by atoms with Crippen molar-refractivity contribution in [2.75, 3.05) is 7.11 Å². The summed E-state index contributed by atoms with van der Waals surface area (Å²) in [6.45, 7) is 5.11. The Balaban J connectivity index is 1.83. The zero-order valence-corrected chi connectivity index (χ0v) is 15.7. The third-order valence-electron chi connectivity index (χ3n) is 4.12. The molecule has 3 aromatic rings. The number of rotatable bonds is 6. The number of nitrogens with zero attached hydrogens (tertiary/aromatic N) is 1. The minimum atomic E-state index is 0.140. The summed E-state index contributed by atoms with van der Waals surface area (Å²) in [5, 5.41) is 3.62. The number of ether oxygens (including phenoxy) is 1. The summed E-state index contributed by atoms with van der Waals surface area (Å²) in [6, 6.07) is 14.3. The molecule has 4 nitrogen and oxygen atoms in total. The Morgan fingerprint density at radius 3 is 2.71 bits per heavy atom. The molecule has 0 aliphatic heterocycles. The van der Waals surface area contributed by atoms with Gasteiger partial charge in [-0.15, -0.1) is 0 Å². The zero-order valence-electron chi connectivity index (χ0n) is 14.1. The molecular weight excluding hydrogens is 366 g/mol. The van der Waals surface area contributed by atoms with Gasteiger partial charge in [-0.05, 0) is 36.2 Å². The number of benzene rings is 2. The van der Waals surface area contributed by atoms with E-state index in [1.165, 1.54) is 0 Å². The minimum absolute atomic E-state index is 0.140. The van der Waals surface area contributed by atoms with Gasteiger partial charge in [0.15, 0.2) is 0 Å². The highest BCUT2D eigenvalue weighted by molar-refractivity contribution is 9.10. The first kappa shape index (κ1) is 17.0. The van der Waals surface area contributed by atoms with Crippen molar-refractivity contribution in [2.45, 2.75) is 26.4 Å². The van der Waals surface area contributed by atoms with Crippen LogP contribution in [-0.2, 0) is 6.54 Å². The van der Waals surface area contributed by atoms with E-state index in [9.17, 15) is 0 Å². The molecule has 0 saturated carbocycles. The van der Waals surface area contributed by atoms with Gasteiger partial charge in [0.1, 0.15) is 11.6 Å². The largest absolute Gasteiger partial charge is 0.496 e. The molecule has 2 N–H and O–H groups in total. The molecule has 0 saturated heterocycles. The Morgan fingerprint density at radius 1 is 1.21 bits per heavy atom. The van der Waals surface area contributed by atoms with Gasteiger partial charge in [0.25, 0.3) is 0 Å². The van der Waals surface area contributed by atoms with Gasteiger partial charge >= 0.3 is 0 Å². The maximum absolute atomic E-state index is 5.46. The van der Waals surface area contributed by atoms with Crippen LogP contribution < -0.4 is 10.1 Å². The molecule has 0 bridgehead atoms. The molecule has 3 rings (SSSR count). The Bertz CT molecular complexity index is 795. The SMILES string of the molecule is COc1ccc(Br)cc1CNC(c1nc2ccccc2[nH]1)C(C)C. The number of hydrogen-bond acceptors (Lipinski definition) is 3. The first-order valence-corrected chi connectivity index (χ1v) is 8.88. The van der Waals surface area contributed by atoms with E-state index in [1.54, 1.807) is 7.11 Å². The molecule has 0 aliphatic carbocycles. The van der Waals surface area contributed by atoms with Gasteiger partial charge in [-0.25, -0.2) is 4.98 Å². The molecule has 0 aliphatic rings. The Labute approximate surface area is 150 Å². The number of imidazole rings is 1. The van der Waals surface area contributed by atoms with Crippen LogP contribution in [0.5, 0.6) is 5.75 Å². The fourth-order valence-electron chi connectivity index (χ4n) is 2.87. The quantitative estimate of drug-likeness (QED) is 0.637.